The van der Waals surface area contributed by atoms with E-state index in [9.17, 15) is 5.11 Å². The minimum atomic E-state index is -0.778. The summed E-state index contributed by atoms with van der Waals surface area (Å²) in [6.07, 6.45) is 0.903. The van der Waals surface area contributed by atoms with Gasteiger partial charge in [-0.2, -0.15) is 0 Å². The van der Waals surface area contributed by atoms with Crippen molar-refractivity contribution in [1.29, 1.82) is 0 Å². The van der Waals surface area contributed by atoms with Crippen LogP contribution in [0.2, 0.25) is 0 Å². The maximum atomic E-state index is 10.3. The number of furan rings is 1. The number of fused-ring (bicyclic) bond motifs is 1. The highest BCUT2D eigenvalue weighted by Crippen LogP contribution is 2.29. The van der Waals surface area contributed by atoms with E-state index in [1.54, 1.807) is 6.20 Å². The Balaban J connectivity index is 2.04. The monoisotopic (exact) mass is 253 g/mol. The number of rotatable bonds is 2. The predicted octanol–water partition coefficient (Wildman–Crippen LogP) is 3.53. The minimum absolute atomic E-state index is 0.551. The van der Waals surface area contributed by atoms with E-state index in [0.29, 0.717) is 5.76 Å². The molecule has 0 aliphatic rings. The molecule has 0 aliphatic heterocycles. The topological polar surface area (TPSA) is 46.3 Å². The van der Waals surface area contributed by atoms with Crippen molar-refractivity contribution in [3.8, 4) is 0 Å². The number of hydrogen-bond donors (Lipinski definition) is 1. The molecular weight excluding hydrogens is 238 g/mol. The van der Waals surface area contributed by atoms with Crippen LogP contribution in [0.5, 0.6) is 0 Å². The van der Waals surface area contributed by atoms with Crippen LogP contribution >= 0.6 is 0 Å². The van der Waals surface area contributed by atoms with Crippen molar-refractivity contribution in [3.05, 3.63) is 65.2 Å². The Bertz CT molecular complexity index is 713. The molecule has 96 valence electrons. The average Bonchev–Trinajstić information content (AvgIpc) is 2.84. The summed E-state index contributed by atoms with van der Waals surface area (Å²) in [4.78, 5) is 4.20. The predicted molar refractivity (Wildman–Crippen MR) is 74.0 cm³/mol. The smallest absolute Gasteiger partial charge is 0.138 e. The van der Waals surface area contributed by atoms with E-state index >= 15 is 0 Å². The molecule has 0 bridgehead atoms. The van der Waals surface area contributed by atoms with Gasteiger partial charge in [0, 0.05) is 22.8 Å². The van der Waals surface area contributed by atoms with Crippen LogP contribution in [0.3, 0.4) is 0 Å². The van der Waals surface area contributed by atoms with Gasteiger partial charge in [-0.15, -0.1) is 0 Å². The molecule has 3 rings (SSSR count). The van der Waals surface area contributed by atoms with Crippen LogP contribution in [0.15, 0.2) is 47.0 Å². The Morgan fingerprint density at radius 1 is 1.16 bits per heavy atom. The van der Waals surface area contributed by atoms with Crippen LogP contribution in [0.4, 0.5) is 0 Å². The zero-order valence-corrected chi connectivity index (χ0v) is 10.9. The molecule has 1 N–H and O–H groups in total. The molecule has 3 nitrogen and oxygen atoms in total. The van der Waals surface area contributed by atoms with Crippen LogP contribution < -0.4 is 0 Å². The fraction of sp³-hybridized carbons (Fsp3) is 0.188. The first-order valence-corrected chi connectivity index (χ1v) is 6.25. The fourth-order valence-corrected chi connectivity index (χ4v) is 2.17. The van der Waals surface area contributed by atoms with E-state index in [1.807, 2.05) is 50.2 Å². The highest BCUT2D eigenvalue weighted by atomic mass is 16.4. The van der Waals surface area contributed by atoms with Crippen molar-refractivity contribution in [2.45, 2.75) is 20.0 Å². The van der Waals surface area contributed by atoms with Crippen LogP contribution in [-0.4, -0.2) is 10.1 Å². The van der Waals surface area contributed by atoms with Gasteiger partial charge < -0.3 is 9.52 Å². The zero-order valence-electron chi connectivity index (χ0n) is 10.9. The molecule has 0 aliphatic carbocycles. The standard InChI is InChI=1S/C16H15NO2/c1-10-4-3-5-12-8-14(19-16(10)12)15(18)13-7-6-11(2)17-9-13/h3-9,15,18H,1-2H3. The summed E-state index contributed by atoms with van der Waals surface area (Å²) >= 11 is 0. The Morgan fingerprint density at radius 3 is 2.68 bits per heavy atom. The molecular formula is C16H15NO2. The lowest BCUT2D eigenvalue weighted by molar-refractivity contribution is 0.192. The van der Waals surface area contributed by atoms with Gasteiger partial charge in [0.05, 0.1) is 0 Å². The first-order chi connectivity index (χ1) is 9.15. The van der Waals surface area contributed by atoms with E-state index < -0.39 is 6.10 Å². The third-order valence-corrected chi connectivity index (χ3v) is 3.28. The Kier molecular flexibility index (Phi) is 2.84. The van der Waals surface area contributed by atoms with Crippen molar-refractivity contribution in [1.82, 2.24) is 4.98 Å². The molecule has 0 spiro atoms. The third-order valence-electron chi connectivity index (χ3n) is 3.28. The minimum Gasteiger partial charge on any atom is -0.458 e. The maximum absolute atomic E-state index is 10.3. The maximum Gasteiger partial charge on any atom is 0.138 e. The van der Waals surface area contributed by atoms with Gasteiger partial charge in [0.1, 0.15) is 17.4 Å². The van der Waals surface area contributed by atoms with Gasteiger partial charge in [0.25, 0.3) is 0 Å². The molecule has 0 saturated carbocycles. The molecule has 2 aromatic heterocycles. The molecule has 0 fully saturated rings. The number of benzene rings is 1. The van der Waals surface area contributed by atoms with E-state index in [2.05, 4.69) is 4.98 Å². The average molecular weight is 253 g/mol. The second-order valence-electron chi connectivity index (χ2n) is 4.78. The third kappa shape index (κ3) is 2.13. The highest BCUT2D eigenvalue weighted by molar-refractivity contribution is 5.81. The van der Waals surface area contributed by atoms with Crippen LogP contribution in [-0.2, 0) is 0 Å². The van der Waals surface area contributed by atoms with Crippen molar-refractivity contribution >= 4 is 11.0 Å². The summed E-state index contributed by atoms with van der Waals surface area (Å²) in [7, 11) is 0. The van der Waals surface area contributed by atoms with Crippen molar-refractivity contribution in [2.75, 3.05) is 0 Å². The van der Waals surface area contributed by atoms with Crippen LogP contribution in [0, 0.1) is 13.8 Å². The van der Waals surface area contributed by atoms with Crippen molar-refractivity contribution < 1.29 is 9.52 Å². The van der Waals surface area contributed by atoms with E-state index in [4.69, 9.17) is 4.42 Å². The van der Waals surface area contributed by atoms with Gasteiger partial charge in [0.15, 0.2) is 0 Å². The van der Waals surface area contributed by atoms with Gasteiger partial charge in [-0.25, -0.2) is 0 Å². The van der Waals surface area contributed by atoms with Crippen molar-refractivity contribution in [3.63, 3.8) is 0 Å². The summed E-state index contributed by atoms with van der Waals surface area (Å²) in [5.41, 5.74) is 3.56. The highest BCUT2D eigenvalue weighted by Gasteiger charge is 2.16. The molecule has 1 aromatic carbocycles. The van der Waals surface area contributed by atoms with Gasteiger partial charge in [-0.1, -0.05) is 24.3 Å². The van der Waals surface area contributed by atoms with E-state index in [-0.39, 0.29) is 0 Å². The molecule has 0 saturated heterocycles. The first-order valence-electron chi connectivity index (χ1n) is 6.25. The number of hydrogen-bond acceptors (Lipinski definition) is 3. The molecule has 1 unspecified atom stereocenters. The summed E-state index contributed by atoms with van der Waals surface area (Å²) in [5.74, 6) is 0.551. The quantitative estimate of drug-likeness (QED) is 0.760. The number of aromatic nitrogens is 1. The second-order valence-corrected chi connectivity index (χ2v) is 4.78. The Morgan fingerprint density at radius 2 is 2.00 bits per heavy atom. The normalized spacial score (nSPS) is 12.8. The molecule has 2 heterocycles. The number of pyridine rings is 1. The van der Waals surface area contributed by atoms with Gasteiger partial charge in [-0.3, -0.25) is 4.98 Å². The van der Waals surface area contributed by atoms with Crippen LogP contribution in [0.25, 0.3) is 11.0 Å². The molecule has 1 atom stereocenters. The van der Waals surface area contributed by atoms with E-state index in [1.165, 1.54) is 0 Å². The second kappa shape index (κ2) is 4.52. The lowest BCUT2D eigenvalue weighted by atomic mass is 10.1. The van der Waals surface area contributed by atoms with Crippen LogP contribution in [0.1, 0.15) is 28.7 Å². The molecule has 0 radical (unpaired) electrons. The number of aliphatic hydroxyl groups is 1. The molecule has 3 aromatic rings. The van der Waals surface area contributed by atoms with Gasteiger partial charge in [0.2, 0.25) is 0 Å². The van der Waals surface area contributed by atoms with Gasteiger partial charge >= 0.3 is 0 Å². The first kappa shape index (κ1) is 11.9. The fourth-order valence-electron chi connectivity index (χ4n) is 2.17. The largest absolute Gasteiger partial charge is 0.458 e. The summed E-state index contributed by atoms with van der Waals surface area (Å²) < 4.78 is 5.77. The molecule has 3 heteroatoms. The lowest BCUT2D eigenvalue weighted by Gasteiger charge is -2.07. The summed E-state index contributed by atoms with van der Waals surface area (Å²) in [6, 6.07) is 11.6. The SMILES string of the molecule is Cc1ccc(C(O)c2cc3cccc(C)c3o2)cn1. The molecule has 0 amide bonds. The number of para-hydroxylation sites is 1. The number of aliphatic hydroxyl groups excluding tert-OH is 1. The van der Waals surface area contributed by atoms with Crippen molar-refractivity contribution in [2.24, 2.45) is 0 Å². The van der Waals surface area contributed by atoms with E-state index in [0.717, 1.165) is 27.8 Å². The molecule has 19 heavy (non-hydrogen) atoms. The Hall–Kier alpha value is -2.13. The summed E-state index contributed by atoms with van der Waals surface area (Å²) in [5, 5.41) is 11.3. The lowest BCUT2D eigenvalue weighted by Crippen LogP contribution is -1.98. The number of aryl methyl sites for hydroxylation is 2. The van der Waals surface area contributed by atoms with Gasteiger partial charge in [-0.05, 0) is 31.5 Å². The zero-order chi connectivity index (χ0) is 13.4. The number of nitrogens with zero attached hydrogens (tertiary/aromatic N) is 1. The summed E-state index contributed by atoms with van der Waals surface area (Å²) in [6.45, 7) is 3.91. The Labute approximate surface area is 111 Å².